The van der Waals surface area contributed by atoms with Gasteiger partial charge < -0.3 is 21.3 Å². The maximum absolute atomic E-state index is 12.0. The highest BCUT2D eigenvalue weighted by Crippen LogP contribution is 2.32. The Kier molecular flexibility index (Phi) is 4.16. The molecular weight excluding hydrogens is 275 g/mol. The molecule has 18 heavy (non-hydrogen) atoms. The van der Waals surface area contributed by atoms with Crippen molar-refractivity contribution in [2.45, 2.75) is 0 Å². The third kappa shape index (κ3) is 2.98. The molecule has 1 aliphatic rings. The molecule has 1 heterocycles. The molecule has 0 aromatic heterocycles. The average molecular weight is 289 g/mol. The summed E-state index contributed by atoms with van der Waals surface area (Å²) in [5.74, 6) is 0. The molecule has 1 aromatic carbocycles. The van der Waals surface area contributed by atoms with Gasteiger partial charge in [0.1, 0.15) is 0 Å². The molecule has 5 nitrogen and oxygen atoms in total. The first-order chi connectivity index (χ1) is 8.58. The standard InChI is InChI=1S/C11H14Cl2N4O/c12-8-5-7(14)6-9(13)10(8)16-11(18)17-3-1-15-2-4-17/h5-6,15H,1-4,14H2,(H,16,18). The second kappa shape index (κ2) is 5.65. The summed E-state index contributed by atoms with van der Waals surface area (Å²) < 4.78 is 0. The van der Waals surface area contributed by atoms with E-state index >= 15 is 0 Å². The fourth-order valence-corrected chi connectivity index (χ4v) is 2.36. The van der Waals surface area contributed by atoms with Crippen LogP contribution in [-0.2, 0) is 0 Å². The Labute approximate surface area is 115 Å². The molecule has 0 saturated carbocycles. The monoisotopic (exact) mass is 288 g/mol. The topological polar surface area (TPSA) is 70.4 Å². The van der Waals surface area contributed by atoms with Crippen LogP contribution in [0.4, 0.5) is 16.2 Å². The Morgan fingerprint density at radius 1 is 1.28 bits per heavy atom. The van der Waals surface area contributed by atoms with Gasteiger partial charge in [-0.2, -0.15) is 0 Å². The predicted molar refractivity (Wildman–Crippen MR) is 74.3 cm³/mol. The molecule has 1 saturated heterocycles. The molecule has 0 atom stereocenters. The second-order valence-corrected chi connectivity index (χ2v) is 4.84. The predicted octanol–water partition coefficient (Wildman–Crippen LogP) is 2.01. The minimum absolute atomic E-state index is 0.204. The van der Waals surface area contributed by atoms with Crippen LogP contribution in [0.5, 0.6) is 0 Å². The fourth-order valence-electron chi connectivity index (χ4n) is 1.77. The summed E-state index contributed by atoms with van der Waals surface area (Å²) in [4.78, 5) is 13.7. The first kappa shape index (κ1) is 13.3. The van der Waals surface area contributed by atoms with Crippen LogP contribution in [0, 0.1) is 0 Å². The highest BCUT2D eigenvalue weighted by Gasteiger charge is 2.18. The SMILES string of the molecule is Nc1cc(Cl)c(NC(=O)N2CCNCC2)c(Cl)c1. The van der Waals surface area contributed by atoms with E-state index in [-0.39, 0.29) is 6.03 Å². The molecule has 0 bridgehead atoms. The number of nitrogen functional groups attached to an aromatic ring is 1. The van der Waals surface area contributed by atoms with Gasteiger partial charge in [0.05, 0.1) is 15.7 Å². The first-order valence-electron chi connectivity index (χ1n) is 5.59. The van der Waals surface area contributed by atoms with Gasteiger partial charge in [-0.25, -0.2) is 4.79 Å². The molecule has 7 heteroatoms. The van der Waals surface area contributed by atoms with Crippen LogP contribution < -0.4 is 16.4 Å². The summed E-state index contributed by atoms with van der Waals surface area (Å²) in [6, 6.07) is 2.91. The summed E-state index contributed by atoms with van der Waals surface area (Å²) >= 11 is 12.0. The first-order valence-corrected chi connectivity index (χ1v) is 6.34. The number of carbonyl (C=O) groups excluding carboxylic acids is 1. The number of benzene rings is 1. The summed E-state index contributed by atoms with van der Waals surface area (Å²) in [7, 11) is 0. The van der Waals surface area contributed by atoms with E-state index < -0.39 is 0 Å². The van der Waals surface area contributed by atoms with E-state index in [0.717, 1.165) is 13.1 Å². The summed E-state index contributed by atoms with van der Waals surface area (Å²) in [6.07, 6.45) is 0. The van der Waals surface area contributed by atoms with Crippen molar-refractivity contribution in [1.29, 1.82) is 0 Å². The molecule has 4 N–H and O–H groups in total. The molecule has 1 aliphatic heterocycles. The van der Waals surface area contributed by atoms with Crippen molar-refractivity contribution < 1.29 is 4.79 Å². The van der Waals surface area contributed by atoms with Crippen LogP contribution in [0.25, 0.3) is 0 Å². The van der Waals surface area contributed by atoms with Gasteiger partial charge in [-0.05, 0) is 12.1 Å². The Hall–Kier alpha value is -1.17. The van der Waals surface area contributed by atoms with Crippen molar-refractivity contribution in [1.82, 2.24) is 10.2 Å². The summed E-state index contributed by atoms with van der Waals surface area (Å²) in [6.45, 7) is 2.90. The number of anilines is 2. The zero-order valence-corrected chi connectivity index (χ0v) is 11.2. The van der Waals surface area contributed by atoms with Crippen molar-refractivity contribution in [3.63, 3.8) is 0 Å². The van der Waals surface area contributed by atoms with Gasteiger partial charge in [0.25, 0.3) is 0 Å². The van der Waals surface area contributed by atoms with Crippen molar-refractivity contribution in [3.8, 4) is 0 Å². The average Bonchev–Trinajstić information content (AvgIpc) is 2.34. The highest BCUT2D eigenvalue weighted by atomic mass is 35.5. The third-order valence-electron chi connectivity index (χ3n) is 2.70. The van der Waals surface area contributed by atoms with E-state index in [9.17, 15) is 4.79 Å². The van der Waals surface area contributed by atoms with E-state index in [4.69, 9.17) is 28.9 Å². The van der Waals surface area contributed by atoms with Crippen LogP contribution in [-0.4, -0.2) is 37.1 Å². The zero-order chi connectivity index (χ0) is 13.1. The van der Waals surface area contributed by atoms with Gasteiger partial charge in [0, 0.05) is 31.9 Å². The molecule has 1 fully saturated rings. The summed E-state index contributed by atoms with van der Waals surface area (Å²) in [5, 5.41) is 6.56. The fraction of sp³-hybridized carbons (Fsp3) is 0.364. The Bertz CT molecular complexity index is 437. The van der Waals surface area contributed by atoms with Gasteiger partial charge in [0.2, 0.25) is 0 Å². The van der Waals surface area contributed by atoms with Crippen LogP contribution in [0.3, 0.4) is 0 Å². The molecule has 2 rings (SSSR count). The lowest BCUT2D eigenvalue weighted by molar-refractivity contribution is 0.204. The van der Waals surface area contributed by atoms with Gasteiger partial charge >= 0.3 is 6.03 Å². The zero-order valence-electron chi connectivity index (χ0n) is 9.67. The van der Waals surface area contributed by atoms with Gasteiger partial charge in [-0.3, -0.25) is 0 Å². The second-order valence-electron chi connectivity index (χ2n) is 4.03. The number of nitrogens with zero attached hydrogens (tertiary/aromatic N) is 1. The van der Waals surface area contributed by atoms with Gasteiger partial charge in [-0.1, -0.05) is 23.2 Å². The third-order valence-corrected chi connectivity index (χ3v) is 3.30. The summed E-state index contributed by atoms with van der Waals surface area (Å²) in [5.41, 5.74) is 6.46. The quantitative estimate of drug-likeness (QED) is 0.693. The van der Waals surface area contributed by atoms with E-state index in [0.29, 0.717) is 34.5 Å². The van der Waals surface area contributed by atoms with Crippen molar-refractivity contribution in [3.05, 3.63) is 22.2 Å². The number of urea groups is 1. The molecule has 0 radical (unpaired) electrons. The number of nitrogens with two attached hydrogens (primary N) is 1. The normalized spacial score (nSPS) is 15.6. The largest absolute Gasteiger partial charge is 0.399 e. The molecule has 2 amide bonds. The van der Waals surface area contributed by atoms with Crippen LogP contribution in [0.2, 0.25) is 10.0 Å². The minimum Gasteiger partial charge on any atom is -0.399 e. The Morgan fingerprint density at radius 2 is 1.83 bits per heavy atom. The van der Waals surface area contributed by atoms with Crippen LogP contribution >= 0.6 is 23.2 Å². The van der Waals surface area contributed by atoms with Crippen molar-refractivity contribution >= 4 is 40.6 Å². The molecule has 98 valence electrons. The van der Waals surface area contributed by atoms with Crippen LogP contribution in [0.15, 0.2) is 12.1 Å². The van der Waals surface area contributed by atoms with E-state index in [2.05, 4.69) is 10.6 Å². The van der Waals surface area contributed by atoms with Crippen molar-refractivity contribution in [2.75, 3.05) is 37.2 Å². The molecule has 0 spiro atoms. The number of hydrogen-bond donors (Lipinski definition) is 3. The van der Waals surface area contributed by atoms with Crippen LogP contribution in [0.1, 0.15) is 0 Å². The number of piperazine rings is 1. The molecule has 1 aromatic rings. The lowest BCUT2D eigenvalue weighted by Crippen LogP contribution is -2.48. The number of hydrogen-bond acceptors (Lipinski definition) is 3. The van der Waals surface area contributed by atoms with Gasteiger partial charge in [-0.15, -0.1) is 0 Å². The Balaban J connectivity index is 2.11. The number of nitrogens with one attached hydrogen (secondary N) is 2. The molecule has 0 aliphatic carbocycles. The van der Waals surface area contributed by atoms with E-state index in [1.807, 2.05) is 0 Å². The minimum atomic E-state index is -0.204. The molecule has 0 unspecified atom stereocenters. The van der Waals surface area contributed by atoms with Gasteiger partial charge in [0.15, 0.2) is 0 Å². The number of carbonyl (C=O) groups is 1. The number of rotatable bonds is 1. The lowest BCUT2D eigenvalue weighted by Gasteiger charge is -2.27. The lowest BCUT2D eigenvalue weighted by atomic mass is 10.3. The van der Waals surface area contributed by atoms with E-state index in [1.165, 1.54) is 0 Å². The Morgan fingerprint density at radius 3 is 2.39 bits per heavy atom. The maximum atomic E-state index is 12.0. The van der Waals surface area contributed by atoms with Crippen molar-refractivity contribution in [2.24, 2.45) is 0 Å². The maximum Gasteiger partial charge on any atom is 0.322 e. The van der Waals surface area contributed by atoms with E-state index in [1.54, 1.807) is 17.0 Å². The highest BCUT2D eigenvalue weighted by molar-refractivity contribution is 6.40. The number of halogens is 2. The smallest absolute Gasteiger partial charge is 0.322 e. The number of amides is 2. The molecular formula is C11H14Cl2N4O.